The summed E-state index contributed by atoms with van der Waals surface area (Å²) in [5.74, 6) is 0.953. The number of nitrogens with zero attached hydrogens (tertiary/aromatic N) is 3. The Morgan fingerprint density at radius 3 is 2.90 bits per heavy atom. The maximum atomic E-state index is 4.81. The first-order chi connectivity index (χ1) is 9.52. The molecular weight excluding hydrogens is 266 g/mol. The number of thiophene rings is 1. The molecule has 1 aliphatic rings. The Morgan fingerprint density at radius 1 is 1.35 bits per heavy atom. The fourth-order valence-corrected chi connectivity index (χ4v) is 3.22. The Labute approximate surface area is 124 Å². The fraction of sp³-hybridized carbons (Fsp3) is 0.500. The van der Waals surface area contributed by atoms with E-state index < -0.39 is 0 Å². The molecule has 0 unspecified atom stereocenters. The van der Waals surface area contributed by atoms with Crippen LogP contribution in [-0.2, 0) is 24.9 Å². The van der Waals surface area contributed by atoms with E-state index in [1.54, 1.807) is 0 Å². The van der Waals surface area contributed by atoms with Crippen LogP contribution in [0.25, 0.3) is 0 Å². The van der Waals surface area contributed by atoms with E-state index in [2.05, 4.69) is 48.2 Å². The molecular formula is C16H21N3S. The Bertz CT molecular complexity index is 584. The van der Waals surface area contributed by atoms with Crippen molar-refractivity contribution in [3.8, 4) is 0 Å². The molecule has 20 heavy (non-hydrogen) atoms. The molecule has 2 aromatic rings. The van der Waals surface area contributed by atoms with Crippen molar-refractivity contribution in [3.63, 3.8) is 0 Å². The summed E-state index contributed by atoms with van der Waals surface area (Å²) in [7, 11) is 0. The second kappa shape index (κ2) is 5.26. The van der Waals surface area contributed by atoms with Gasteiger partial charge in [0.15, 0.2) is 0 Å². The van der Waals surface area contributed by atoms with Gasteiger partial charge in [0.2, 0.25) is 0 Å². The van der Waals surface area contributed by atoms with Gasteiger partial charge in [-0.05, 0) is 23.4 Å². The molecule has 0 aliphatic carbocycles. The first kappa shape index (κ1) is 13.7. The molecule has 0 fully saturated rings. The third kappa shape index (κ3) is 2.91. The highest BCUT2D eigenvalue weighted by molar-refractivity contribution is 7.09. The van der Waals surface area contributed by atoms with E-state index in [1.807, 2.05) is 17.5 Å². The van der Waals surface area contributed by atoms with Crippen molar-refractivity contribution in [1.82, 2.24) is 14.9 Å². The van der Waals surface area contributed by atoms with Crippen LogP contribution in [0.5, 0.6) is 0 Å². The van der Waals surface area contributed by atoms with Crippen molar-refractivity contribution in [3.05, 3.63) is 45.7 Å². The number of fused-ring (bicyclic) bond motifs is 1. The average Bonchev–Trinajstić information content (AvgIpc) is 2.90. The molecule has 0 spiro atoms. The minimum atomic E-state index is 0.0189. The molecule has 3 heterocycles. The van der Waals surface area contributed by atoms with Gasteiger partial charge in [0, 0.05) is 36.1 Å². The van der Waals surface area contributed by atoms with E-state index >= 15 is 0 Å². The summed E-state index contributed by atoms with van der Waals surface area (Å²) >= 11 is 1.83. The number of hydrogen-bond donors (Lipinski definition) is 0. The zero-order valence-electron chi connectivity index (χ0n) is 12.4. The predicted octanol–water partition coefficient (Wildman–Crippen LogP) is 3.39. The summed E-state index contributed by atoms with van der Waals surface area (Å²) in [6.45, 7) is 9.58. The Morgan fingerprint density at radius 2 is 2.20 bits per heavy atom. The summed E-state index contributed by atoms with van der Waals surface area (Å²) in [6, 6.07) is 4.33. The van der Waals surface area contributed by atoms with E-state index in [4.69, 9.17) is 4.98 Å². The average molecular weight is 287 g/mol. The van der Waals surface area contributed by atoms with Crippen LogP contribution in [0.3, 0.4) is 0 Å². The minimum absolute atomic E-state index is 0.0189. The van der Waals surface area contributed by atoms with Crippen LogP contribution in [0.2, 0.25) is 0 Å². The molecule has 4 heteroatoms. The van der Waals surface area contributed by atoms with E-state index in [0.29, 0.717) is 0 Å². The molecule has 0 atom stereocenters. The zero-order valence-corrected chi connectivity index (χ0v) is 13.2. The quantitative estimate of drug-likeness (QED) is 0.848. The lowest BCUT2D eigenvalue weighted by Gasteiger charge is -2.28. The van der Waals surface area contributed by atoms with Crippen molar-refractivity contribution in [2.24, 2.45) is 0 Å². The first-order valence-electron chi connectivity index (χ1n) is 7.12. The van der Waals surface area contributed by atoms with Gasteiger partial charge in [-0.3, -0.25) is 4.90 Å². The van der Waals surface area contributed by atoms with Gasteiger partial charge in [-0.2, -0.15) is 0 Å². The van der Waals surface area contributed by atoms with Crippen molar-refractivity contribution in [2.45, 2.75) is 45.7 Å². The largest absolute Gasteiger partial charge is 0.292 e. The molecule has 0 N–H and O–H groups in total. The van der Waals surface area contributed by atoms with Gasteiger partial charge >= 0.3 is 0 Å². The van der Waals surface area contributed by atoms with Gasteiger partial charge in [0.05, 0.1) is 5.69 Å². The monoisotopic (exact) mass is 287 g/mol. The molecule has 3 nitrogen and oxygen atoms in total. The highest BCUT2D eigenvalue weighted by atomic mass is 32.1. The van der Waals surface area contributed by atoms with Crippen molar-refractivity contribution >= 4 is 11.3 Å². The first-order valence-corrected chi connectivity index (χ1v) is 8.00. The molecule has 0 aromatic carbocycles. The van der Waals surface area contributed by atoms with Gasteiger partial charge in [-0.25, -0.2) is 9.97 Å². The topological polar surface area (TPSA) is 29.0 Å². The van der Waals surface area contributed by atoms with Crippen molar-refractivity contribution < 1.29 is 0 Å². The Balaban J connectivity index is 1.79. The lowest BCUT2D eigenvalue weighted by molar-refractivity contribution is 0.242. The zero-order chi connectivity index (χ0) is 14.2. The van der Waals surface area contributed by atoms with Crippen molar-refractivity contribution in [1.29, 1.82) is 0 Å². The van der Waals surface area contributed by atoms with Crippen LogP contribution in [0, 0.1) is 0 Å². The summed E-state index contributed by atoms with van der Waals surface area (Å²) in [5.41, 5.74) is 2.55. The maximum Gasteiger partial charge on any atom is 0.133 e. The minimum Gasteiger partial charge on any atom is -0.292 e. The maximum absolute atomic E-state index is 4.81. The van der Waals surface area contributed by atoms with Crippen LogP contribution in [0.15, 0.2) is 23.7 Å². The van der Waals surface area contributed by atoms with E-state index in [9.17, 15) is 0 Å². The Hall–Kier alpha value is -1.26. The highest BCUT2D eigenvalue weighted by Crippen LogP contribution is 2.23. The summed E-state index contributed by atoms with van der Waals surface area (Å²) in [5, 5.41) is 2.15. The second-order valence-corrected chi connectivity index (χ2v) is 7.49. The molecule has 2 aromatic heterocycles. The SMILES string of the molecule is CC(C)(C)c1ncc2c(n1)CN(Cc1cccs1)CC2. The second-order valence-electron chi connectivity index (χ2n) is 6.46. The lowest BCUT2D eigenvalue weighted by Crippen LogP contribution is -2.31. The fourth-order valence-electron chi connectivity index (χ4n) is 2.48. The van der Waals surface area contributed by atoms with Gasteiger partial charge < -0.3 is 0 Å². The summed E-state index contributed by atoms with van der Waals surface area (Å²) in [6.07, 6.45) is 3.09. The smallest absolute Gasteiger partial charge is 0.133 e. The normalized spacial score (nSPS) is 16.1. The van der Waals surface area contributed by atoms with Gasteiger partial charge in [-0.15, -0.1) is 11.3 Å². The number of rotatable bonds is 2. The molecule has 1 aliphatic heterocycles. The number of hydrogen-bond acceptors (Lipinski definition) is 4. The highest BCUT2D eigenvalue weighted by Gasteiger charge is 2.23. The lowest BCUT2D eigenvalue weighted by atomic mass is 9.95. The number of aromatic nitrogens is 2. The standard InChI is InChI=1S/C16H21N3S/c1-16(2,3)15-17-9-12-6-7-19(11-14(12)18-15)10-13-5-4-8-20-13/h4-5,8-9H,6-7,10-11H2,1-3H3. The van der Waals surface area contributed by atoms with Crippen LogP contribution < -0.4 is 0 Å². The molecule has 0 saturated heterocycles. The third-order valence-corrected chi connectivity index (χ3v) is 4.52. The van der Waals surface area contributed by atoms with Crippen LogP contribution >= 0.6 is 11.3 Å². The summed E-state index contributed by atoms with van der Waals surface area (Å²) in [4.78, 5) is 13.3. The third-order valence-electron chi connectivity index (χ3n) is 3.66. The molecule has 0 saturated carbocycles. The molecule has 0 amide bonds. The van der Waals surface area contributed by atoms with Crippen LogP contribution in [-0.4, -0.2) is 21.4 Å². The molecule has 0 radical (unpaired) electrons. The predicted molar refractivity (Wildman–Crippen MR) is 82.9 cm³/mol. The van der Waals surface area contributed by atoms with E-state index in [1.165, 1.54) is 16.1 Å². The van der Waals surface area contributed by atoms with E-state index in [-0.39, 0.29) is 5.41 Å². The molecule has 106 valence electrons. The summed E-state index contributed by atoms with van der Waals surface area (Å²) < 4.78 is 0. The van der Waals surface area contributed by atoms with Gasteiger partial charge in [0.1, 0.15) is 5.82 Å². The van der Waals surface area contributed by atoms with Crippen LogP contribution in [0.4, 0.5) is 0 Å². The molecule has 0 bridgehead atoms. The Kier molecular flexibility index (Phi) is 3.61. The molecule has 3 rings (SSSR count). The van der Waals surface area contributed by atoms with E-state index in [0.717, 1.165) is 31.9 Å². The van der Waals surface area contributed by atoms with Crippen LogP contribution in [0.1, 0.15) is 42.7 Å². The van der Waals surface area contributed by atoms with Crippen molar-refractivity contribution in [2.75, 3.05) is 6.54 Å². The van der Waals surface area contributed by atoms with Gasteiger partial charge in [-0.1, -0.05) is 26.8 Å². The van der Waals surface area contributed by atoms with Gasteiger partial charge in [0.25, 0.3) is 0 Å².